The zero-order chi connectivity index (χ0) is 9.14. The van der Waals surface area contributed by atoms with Gasteiger partial charge >= 0.3 is 0 Å². The molecule has 0 amide bonds. The van der Waals surface area contributed by atoms with Crippen molar-refractivity contribution in [2.75, 3.05) is 14.1 Å². The highest BCUT2D eigenvalue weighted by molar-refractivity contribution is 5.08. The first-order chi connectivity index (χ1) is 5.65. The van der Waals surface area contributed by atoms with E-state index in [0.717, 1.165) is 17.9 Å². The van der Waals surface area contributed by atoms with Crippen LogP contribution in [-0.4, -0.2) is 24.2 Å². The average Bonchev–Trinajstić information content (AvgIpc) is 2.37. The molecule has 1 unspecified atom stereocenters. The fraction of sp³-hybridized carbons (Fsp3) is 0.667. The lowest BCUT2D eigenvalue weighted by Gasteiger charge is -2.19. The Balaban J connectivity index is 2.80. The Labute approximate surface area is 73.3 Å². The summed E-state index contributed by atoms with van der Waals surface area (Å²) in [5.41, 5.74) is 1.03. The normalized spacial score (nSPS) is 13.8. The van der Waals surface area contributed by atoms with E-state index in [9.17, 15) is 0 Å². The van der Waals surface area contributed by atoms with Gasteiger partial charge in [0.1, 0.15) is 11.5 Å². The number of nitrogens with zero attached hydrogens (tertiary/aromatic N) is 2. The summed E-state index contributed by atoms with van der Waals surface area (Å²) in [6.07, 6.45) is 1.05. The maximum absolute atomic E-state index is 5.02. The Morgan fingerprint density at radius 3 is 2.58 bits per heavy atom. The predicted molar refractivity (Wildman–Crippen MR) is 48.0 cm³/mol. The van der Waals surface area contributed by atoms with Crippen molar-refractivity contribution < 1.29 is 4.52 Å². The van der Waals surface area contributed by atoms with Crippen molar-refractivity contribution in [2.24, 2.45) is 0 Å². The lowest BCUT2D eigenvalue weighted by molar-refractivity contribution is 0.272. The van der Waals surface area contributed by atoms with Gasteiger partial charge in [-0.15, -0.1) is 0 Å². The molecule has 0 saturated carbocycles. The first-order valence-corrected chi connectivity index (χ1v) is 4.24. The Morgan fingerprint density at radius 1 is 1.58 bits per heavy atom. The molecule has 0 aliphatic rings. The lowest BCUT2D eigenvalue weighted by Crippen LogP contribution is -2.19. The molecule has 1 heterocycles. The van der Waals surface area contributed by atoms with Crippen molar-refractivity contribution in [1.29, 1.82) is 0 Å². The standard InChI is InChI=1S/C9H16N2O/c1-5-9(11(3)4)8-6-7(2)12-10-8/h6,9H,5H2,1-4H3. The molecular weight excluding hydrogens is 152 g/mol. The first-order valence-electron chi connectivity index (χ1n) is 4.24. The van der Waals surface area contributed by atoms with E-state index in [1.165, 1.54) is 0 Å². The van der Waals surface area contributed by atoms with E-state index in [-0.39, 0.29) is 0 Å². The van der Waals surface area contributed by atoms with Crippen LogP contribution in [0.2, 0.25) is 0 Å². The van der Waals surface area contributed by atoms with Crippen LogP contribution in [0.15, 0.2) is 10.6 Å². The monoisotopic (exact) mass is 168 g/mol. The van der Waals surface area contributed by atoms with E-state index >= 15 is 0 Å². The van der Waals surface area contributed by atoms with Crippen molar-refractivity contribution >= 4 is 0 Å². The van der Waals surface area contributed by atoms with Crippen molar-refractivity contribution in [3.8, 4) is 0 Å². The van der Waals surface area contributed by atoms with E-state index in [4.69, 9.17) is 4.52 Å². The zero-order valence-electron chi connectivity index (χ0n) is 8.16. The van der Waals surface area contributed by atoms with E-state index in [1.807, 2.05) is 13.0 Å². The fourth-order valence-electron chi connectivity index (χ4n) is 1.38. The van der Waals surface area contributed by atoms with Gasteiger partial charge in [0.2, 0.25) is 0 Å². The first kappa shape index (κ1) is 9.26. The third kappa shape index (κ3) is 1.85. The summed E-state index contributed by atoms with van der Waals surface area (Å²) in [5.74, 6) is 0.880. The lowest BCUT2D eigenvalue weighted by atomic mass is 10.1. The quantitative estimate of drug-likeness (QED) is 0.691. The van der Waals surface area contributed by atoms with Gasteiger partial charge < -0.3 is 9.42 Å². The van der Waals surface area contributed by atoms with Gasteiger partial charge in [-0.25, -0.2) is 0 Å². The SMILES string of the molecule is CCC(c1cc(C)on1)N(C)C. The molecule has 0 aliphatic carbocycles. The molecular formula is C9H16N2O. The minimum Gasteiger partial charge on any atom is -0.361 e. The van der Waals surface area contributed by atoms with Crippen molar-refractivity contribution in [1.82, 2.24) is 10.1 Å². The van der Waals surface area contributed by atoms with Crippen LogP contribution < -0.4 is 0 Å². The van der Waals surface area contributed by atoms with E-state index in [1.54, 1.807) is 0 Å². The summed E-state index contributed by atoms with van der Waals surface area (Å²) in [6, 6.07) is 2.37. The number of hydrogen-bond acceptors (Lipinski definition) is 3. The molecule has 1 aromatic rings. The molecule has 12 heavy (non-hydrogen) atoms. The number of hydrogen-bond donors (Lipinski definition) is 0. The number of rotatable bonds is 3. The van der Waals surface area contributed by atoms with Crippen LogP contribution in [0.5, 0.6) is 0 Å². The molecule has 68 valence electrons. The van der Waals surface area contributed by atoms with Gasteiger partial charge in [0, 0.05) is 6.07 Å². The van der Waals surface area contributed by atoms with Gasteiger partial charge in [-0.05, 0) is 27.4 Å². The number of aromatic nitrogens is 1. The van der Waals surface area contributed by atoms with E-state index in [0.29, 0.717) is 6.04 Å². The summed E-state index contributed by atoms with van der Waals surface area (Å²) in [6.45, 7) is 4.06. The summed E-state index contributed by atoms with van der Waals surface area (Å²) in [5, 5.41) is 3.99. The molecule has 3 nitrogen and oxygen atoms in total. The molecule has 0 spiro atoms. The van der Waals surface area contributed by atoms with Crippen LogP contribution in [0.25, 0.3) is 0 Å². The Hall–Kier alpha value is -0.830. The summed E-state index contributed by atoms with van der Waals surface area (Å²) < 4.78 is 5.02. The topological polar surface area (TPSA) is 29.3 Å². The van der Waals surface area contributed by atoms with Crippen molar-refractivity contribution in [3.05, 3.63) is 17.5 Å². The largest absolute Gasteiger partial charge is 0.361 e. The van der Waals surface area contributed by atoms with Crippen LogP contribution in [0.3, 0.4) is 0 Å². The smallest absolute Gasteiger partial charge is 0.133 e. The highest BCUT2D eigenvalue weighted by Crippen LogP contribution is 2.20. The van der Waals surface area contributed by atoms with Crippen LogP contribution in [0.1, 0.15) is 30.8 Å². The Kier molecular flexibility index (Phi) is 2.87. The van der Waals surface area contributed by atoms with Crippen LogP contribution >= 0.6 is 0 Å². The van der Waals surface area contributed by atoms with Crippen LogP contribution in [0.4, 0.5) is 0 Å². The molecule has 0 saturated heterocycles. The van der Waals surface area contributed by atoms with Gasteiger partial charge in [-0.3, -0.25) is 0 Å². The summed E-state index contributed by atoms with van der Waals surface area (Å²) in [4.78, 5) is 2.15. The third-order valence-corrected chi connectivity index (χ3v) is 2.00. The van der Waals surface area contributed by atoms with Crippen LogP contribution in [0, 0.1) is 6.92 Å². The van der Waals surface area contributed by atoms with E-state index in [2.05, 4.69) is 31.1 Å². The molecule has 0 bridgehead atoms. The molecule has 0 fully saturated rings. The average molecular weight is 168 g/mol. The molecule has 0 N–H and O–H groups in total. The minimum atomic E-state index is 0.377. The molecule has 0 radical (unpaired) electrons. The molecule has 1 rings (SSSR count). The second kappa shape index (κ2) is 3.72. The minimum absolute atomic E-state index is 0.377. The van der Waals surface area contributed by atoms with Gasteiger partial charge in [0.15, 0.2) is 0 Å². The molecule has 3 heteroatoms. The maximum atomic E-state index is 5.02. The van der Waals surface area contributed by atoms with Gasteiger partial charge in [0.25, 0.3) is 0 Å². The highest BCUT2D eigenvalue weighted by atomic mass is 16.5. The molecule has 0 aromatic carbocycles. The van der Waals surface area contributed by atoms with Gasteiger partial charge in [-0.1, -0.05) is 12.1 Å². The van der Waals surface area contributed by atoms with Crippen molar-refractivity contribution in [3.63, 3.8) is 0 Å². The third-order valence-electron chi connectivity index (χ3n) is 2.00. The Bertz CT molecular complexity index is 242. The predicted octanol–water partition coefficient (Wildman–Crippen LogP) is 2.00. The second-order valence-corrected chi connectivity index (χ2v) is 3.25. The fourth-order valence-corrected chi connectivity index (χ4v) is 1.38. The number of aryl methyl sites for hydroxylation is 1. The van der Waals surface area contributed by atoms with Crippen molar-refractivity contribution in [2.45, 2.75) is 26.3 Å². The maximum Gasteiger partial charge on any atom is 0.133 e. The van der Waals surface area contributed by atoms with E-state index < -0.39 is 0 Å². The summed E-state index contributed by atoms with van der Waals surface area (Å²) in [7, 11) is 4.11. The molecule has 0 aliphatic heterocycles. The second-order valence-electron chi connectivity index (χ2n) is 3.25. The molecule has 1 aromatic heterocycles. The van der Waals surface area contributed by atoms with Gasteiger partial charge in [-0.2, -0.15) is 0 Å². The molecule has 1 atom stereocenters. The van der Waals surface area contributed by atoms with Gasteiger partial charge in [0.05, 0.1) is 6.04 Å². The summed E-state index contributed by atoms with van der Waals surface area (Å²) >= 11 is 0. The zero-order valence-corrected chi connectivity index (χ0v) is 8.16. The van der Waals surface area contributed by atoms with Crippen LogP contribution in [-0.2, 0) is 0 Å². The highest BCUT2D eigenvalue weighted by Gasteiger charge is 2.15. The Morgan fingerprint density at radius 2 is 2.25 bits per heavy atom.